The summed E-state index contributed by atoms with van der Waals surface area (Å²) in [4.78, 5) is 0. The van der Waals surface area contributed by atoms with Crippen molar-refractivity contribution in [1.29, 1.82) is 0 Å². The summed E-state index contributed by atoms with van der Waals surface area (Å²) in [6, 6.07) is 0. The van der Waals surface area contributed by atoms with Crippen LogP contribution in [-0.2, 0) is 21.8 Å². The quantitative estimate of drug-likeness (QED) is 0.268. The van der Waals surface area contributed by atoms with E-state index in [0.29, 0.717) is 13.0 Å². The molecule has 29 heavy (non-hydrogen) atoms. The zero-order valence-corrected chi connectivity index (χ0v) is 24.7. The summed E-state index contributed by atoms with van der Waals surface area (Å²) in [5, 5.41) is 10.3. The molecule has 0 spiro atoms. The first kappa shape index (κ1) is 29.4. The molecule has 0 rings (SSSR count). The van der Waals surface area contributed by atoms with Crippen LogP contribution < -0.4 is 0 Å². The Morgan fingerprint density at radius 1 is 0.828 bits per heavy atom. The van der Waals surface area contributed by atoms with E-state index >= 15 is 0 Å². The van der Waals surface area contributed by atoms with Crippen molar-refractivity contribution < 1.29 is 26.9 Å². The van der Waals surface area contributed by atoms with Gasteiger partial charge >= 0.3 is 8.80 Å². The Bertz CT molecular complexity index is 456. The van der Waals surface area contributed by atoms with Gasteiger partial charge in [-0.1, -0.05) is 19.1 Å². The van der Waals surface area contributed by atoms with Crippen molar-refractivity contribution in [3.8, 4) is 0 Å². The molecule has 0 amide bonds. The van der Waals surface area contributed by atoms with Crippen LogP contribution in [0.15, 0.2) is 12.2 Å². The fourth-order valence-corrected chi connectivity index (χ4v) is 16.9. The molecule has 2 unspecified atom stereocenters. The van der Waals surface area contributed by atoms with Crippen LogP contribution in [-0.4, -0.2) is 70.5 Å². The molecule has 0 aromatic heterocycles. The maximum Gasteiger partial charge on any atom is 0.500 e. The minimum Gasteiger partial charge on any atom is -0.415 e. The van der Waals surface area contributed by atoms with Crippen LogP contribution in [0.3, 0.4) is 0 Å². The van der Waals surface area contributed by atoms with Crippen molar-refractivity contribution in [3.63, 3.8) is 0 Å². The summed E-state index contributed by atoms with van der Waals surface area (Å²) in [7, 11) is -9.10. The predicted octanol–water partition coefficient (Wildman–Crippen LogP) is 4.77. The average molecular weight is 483 g/mol. The lowest BCUT2D eigenvalue weighted by Gasteiger charge is -2.46. The highest BCUT2D eigenvalue weighted by atomic mass is 28.5. The molecule has 174 valence electrons. The molecule has 0 fully saturated rings. The molecule has 0 saturated heterocycles. The first-order valence-corrected chi connectivity index (χ1v) is 22.5. The van der Waals surface area contributed by atoms with Crippen LogP contribution in [0.1, 0.15) is 20.3 Å². The molecule has 0 aromatic rings. The van der Waals surface area contributed by atoms with Crippen LogP contribution in [0.4, 0.5) is 0 Å². The van der Waals surface area contributed by atoms with Gasteiger partial charge in [0.15, 0.2) is 25.0 Å². The van der Waals surface area contributed by atoms with Crippen molar-refractivity contribution >= 4 is 33.8 Å². The van der Waals surface area contributed by atoms with Gasteiger partial charge in [0.05, 0.1) is 19.8 Å². The highest BCUT2D eigenvalue weighted by Crippen LogP contribution is 2.31. The van der Waals surface area contributed by atoms with Gasteiger partial charge in [0.2, 0.25) is 0 Å². The van der Waals surface area contributed by atoms with Crippen molar-refractivity contribution in [2.45, 2.75) is 91.0 Å². The smallest absolute Gasteiger partial charge is 0.415 e. The zero-order valence-electron chi connectivity index (χ0n) is 20.7. The van der Waals surface area contributed by atoms with Crippen molar-refractivity contribution in [1.82, 2.24) is 0 Å². The number of rotatable bonds is 15. The molecule has 0 aromatic carbocycles. The van der Waals surface area contributed by atoms with Gasteiger partial charge in [-0.05, 0) is 72.3 Å². The molecule has 0 aliphatic rings. The highest BCUT2D eigenvalue weighted by Gasteiger charge is 2.56. The molecule has 0 bridgehead atoms. The standard InChI is InChI=1S/C19H46O6Si4/c1-13-19(22-16-18(20)15-21-14-17(2)3)29(23-26(4,5)6,24-27(7,8)9)25-28(10,11)12/h18-20H,2,13-16H2,1,3-12H3. The lowest BCUT2D eigenvalue weighted by Crippen LogP contribution is -2.67. The minimum atomic E-state index is -3.15. The number of ether oxygens (including phenoxy) is 2. The van der Waals surface area contributed by atoms with Crippen LogP contribution in [0.25, 0.3) is 0 Å². The van der Waals surface area contributed by atoms with E-state index in [1.807, 2.05) is 6.92 Å². The molecular formula is C19H46O6Si4. The van der Waals surface area contributed by atoms with Gasteiger partial charge in [-0.15, -0.1) is 0 Å². The molecule has 0 saturated carbocycles. The summed E-state index contributed by atoms with van der Waals surface area (Å²) >= 11 is 0. The Morgan fingerprint density at radius 2 is 1.24 bits per heavy atom. The first-order chi connectivity index (χ1) is 12.9. The zero-order chi connectivity index (χ0) is 23.1. The maximum atomic E-state index is 10.3. The van der Waals surface area contributed by atoms with E-state index in [9.17, 15) is 5.11 Å². The second-order valence-electron chi connectivity index (χ2n) is 10.6. The summed E-state index contributed by atoms with van der Waals surface area (Å²) in [5.74, 6) is 0. The van der Waals surface area contributed by atoms with Gasteiger partial charge in [-0.25, -0.2) is 0 Å². The SMILES string of the molecule is C=C(C)COCC(O)COC(CC)[Si](O[Si](C)(C)C)(O[Si](C)(C)C)O[Si](C)(C)C. The van der Waals surface area contributed by atoms with Crippen molar-refractivity contribution in [3.05, 3.63) is 12.2 Å². The Labute approximate surface area is 183 Å². The van der Waals surface area contributed by atoms with E-state index < -0.39 is 39.9 Å². The minimum absolute atomic E-state index is 0.155. The fourth-order valence-electron chi connectivity index (χ4n) is 2.65. The molecule has 2 atom stereocenters. The lowest BCUT2D eigenvalue weighted by atomic mass is 10.4. The van der Waals surface area contributed by atoms with Crippen molar-refractivity contribution in [2.75, 3.05) is 19.8 Å². The molecule has 1 N–H and O–H groups in total. The number of hydrogen-bond donors (Lipinski definition) is 1. The molecule has 0 aliphatic heterocycles. The molecule has 0 aliphatic carbocycles. The maximum absolute atomic E-state index is 10.3. The molecular weight excluding hydrogens is 437 g/mol. The van der Waals surface area contributed by atoms with E-state index in [-0.39, 0.29) is 18.9 Å². The monoisotopic (exact) mass is 482 g/mol. The van der Waals surface area contributed by atoms with Gasteiger partial charge in [0.25, 0.3) is 0 Å². The van der Waals surface area contributed by atoms with E-state index in [0.717, 1.165) is 5.57 Å². The summed E-state index contributed by atoms with van der Waals surface area (Å²) in [5.41, 5.74) is 0.607. The Hall–Kier alpha value is 0.368. The van der Waals surface area contributed by atoms with E-state index in [2.05, 4.69) is 72.4 Å². The average Bonchev–Trinajstić information content (AvgIpc) is 2.41. The second kappa shape index (κ2) is 11.8. The fraction of sp³-hybridized carbons (Fsp3) is 0.895. The topological polar surface area (TPSA) is 66.4 Å². The van der Waals surface area contributed by atoms with Gasteiger partial charge < -0.3 is 26.9 Å². The lowest BCUT2D eigenvalue weighted by molar-refractivity contribution is -0.0375. The van der Waals surface area contributed by atoms with Gasteiger partial charge in [0.1, 0.15) is 11.8 Å². The molecule has 6 nitrogen and oxygen atoms in total. The predicted molar refractivity (Wildman–Crippen MR) is 131 cm³/mol. The number of hydrogen-bond acceptors (Lipinski definition) is 6. The molecule has 10 heteroatoms. The Balaban J connectivity index is 5.62. The largest absolute Gasteiger partial charge is 0.500 e. The van der Waals surface area contributed by atoms with E-state index in [1.54, 1.807) is 0 Å². The third-order valence-electron chi connectivity index (χ3n) is 3.26. The molecule has 0 radical (unpaired) electrons. The van der Waals surface area contributed by atoms with Gasteiger partial charge in [0, 0.05) is 0 Å². The van der Waals surface area contributed by atoms with Crippen molar-refractivity contribution in [2.24, 2.45) is 0 Å². The summed E-state index contributed by atoms with van der Waals surface area (Å²) in [6.45, 7) is 28.0. The van der Waals surface area contributed by atoms with Gasteiger partial charge in [-0.2, -0.15) is 0 Å². The second-order valence-corrected chi connectivity index (χ2v) is 27.6. The Morgan fingerprint density at radius 3 is 1.55 bits per heavy atom. The van der Waals surface area contributed by atoms with Crippen LogP contribution in [0, 0.1) is 0 Å². The van der Waals surface area contributed by atoms with Crippen LogP contribution in [0.2, 0.25) is 58.9 Å². The van der Waals surface area contributed by atoms with Crippen LogP contribution >= 0.6 is 0 Å². The normalized spacial score (nSPS) is 16.0. The van der Waals surface area contributed by atoms with Gasteiger partial charge in [-0.3, -0.25) is 0 Å². The third-order valence-corrected chi connectivity index (χ3v) is 15.4. The third kappa shape index (κ3) is 14.1. The summed E-state index contributed by atoms with van der Waals surface area (Å²) < 4.78 is 31.9. The van der Waals surface area contributed by atoms with E-state index in [4.69, 9.17) is 21.8 Å². The number of aliphatic hydroxyl groups is 1. The highest BCUT2D eigenvalue weighted by molar-refractivity contribution is 6.90. The van der Waals surface area contributed by atoms with E-state index in [1.165, 1.54) is 0 Å². The molecule has 0 heterocycles. The number of aliphatic hydroxyl groups excluding tert-OH is 1. The summed E-state index contributed by atoms with van der Waals surface area (Å²) in [6.07, 6.45) is -0.0221. The van der Waals surface area contributed by atoms with Crippen LogP contribution in [0.5, 0.6) is 0 Å². The first-order valence-electron chi connectivity index (χ1n) is 10.5. The Kier molecular flexibility index (Phi) is 12.0.